The molecule has 6 heteroatoms. The standard InChI is InChI=1S/C12H14N4OS/c1-8-7-18-11(15-8)5-6-14-12(17)9-3-2-4-10(13)16-9/h2-4,7H,5-6H2,1H3,(H2,13,16)(H,14,17). The minimum Gasteiger partial charge on any atom is -0.384 e. The van der Waals surface area contributed by atoms with E-state index in [0.29, 0.717) is 18.1 Å². The summed E-state index contributed by atoms with van der Waals surface area (Å²) in [6.45, 7) is 2.50. The van der Waals surface area contributed by atoms with E-state index < -0.39 is 0 Å². The summed E-state index contributed by atoms with van der Waals surface area (Å²) in [5.41, 5.74) is 6.87. The lowest BCUT2D eigenvalue weighted by molar-refractivity contribution is 0.0949. The van der Waals surface area contributed by atoms with Crippen molar-refractivity contribution in [1.29, 1.82) is 0 Å². The highest BCUT2D eigenvalue weighted by molar-refractivity contribution is 7.09. The molecule has 2 rings (SSSR count). The predicted molar refractivity (Wildman–Crippen MR) is 71.5 cm³/mol. The van der Waals surface area contributed by atoms with Crippen molar-refractivity contribution < 1.29 is 4.79 Å². The number of aromatic nitrogens is 2. The number of carbonyl (C=O) groups is 1. The number of nitrogen functional groups attached to an aromatic ring is 1. The average molecular weight is 262 g/mol. The Labute approximate surface area is 109 Å². The topological polar surface area (TPSA) is 80.9 Å². The molecule has 0 atom stereocenters. The summed E-state index contributed by atoms with van der Waals surface area (Å²) in [7, 11) is 0. The van der Waals surface area contributed by atoms with Gasteiger partial charge in [-0.2, -0.15) is 0 Å². The number of anilines is 1. The number of nitrogens with two attached hydrogens (primary N) is 1. The molecule has 5 nitrogen and oxygen atoms in total. The zero-order chi connectivity index (χ0) is 13.0. The second-order valence-corrected chi connectivity index (χ2v) is 4.78. The number of hydrogen-bond donors (Lipinski definition) is 2. The van der Waals surface area contributed by atoms with Crippen LogP contribution < -0.4 is 11.1 Å². The average Bonchev–Trinajstić information content (AvgIpc) is 2.75. The van der Waals surface area contributed by atoms with Gasteiger partial charge < -0.3 is 11.1 Å². The fraction of sp³-hybridized carbons (Fsp3) is 0.250. The van der Waals surface area contributed by atoms with Crippen LogP contribution >= 0.6 is 11.3 Å². The first kappa shape index (κ1) is 12.5. The van der Waals surface area contributed by atoms with Crippen molar-refractivity contribution in [1.82, 2.24) is 15.3 Å². The Bertz CT molecular complexity index is 553. The van der Waals surface area contributed by atoms with E-state index in [1.54, 1.807) is 29.5 Å². The number of amides is 1. The summed E-state index contributed by atoms with van der Waals surface area (Å²) in [4.78, 5) is 20.0. The summed E-state index contributed by atoms with van der Waals surface area (Å²) in [6.07, 6.45) is 0.729. The van der Waals surface area contributed by atoms with Crippen molar-refractivity contribution in [2.75, 3.05) is 12.3 Å². The van der Waals surface area contributed by atoms with E-state index in [9.17, 15) is 4.79 Å². The number of hydrogen-bond acceptors (Lipinski definition) is 5. The fourth-order valence-corrected chi connectivity index (χ4v) is 2.24. The predicted octanol–water partition coefficient (Wildman–Crippen LogP) is 1.40. The van der Waals surface area contributed by atoms with Crippen LogP contribution in [-0.2, 0) is 6.42 Å². The number of pyridine rings is 1. The van der Waals surface area contributed by atoms with Crippen molar-refractivity contribution >= 4 is 23.1 Å². The Morgan fingerprint density at radius 2 is 2.28 bits per heavy atom. The summed E-state index contributed by atoms with van der Waals surface area (Å²) >= 11 is 1.60. The molecule has 2 heterocycles. The van der Waals surface area contributed by atoms with Gasteiger partial charge in [-0.15, -0.1) is 11.3 Å². The van der Waals surface area contributed by atoms with Crippen LogP contribution in [0.3, 0.4) is 0 Å². The molecular weight excluding hydrogens is 248 g/mol. The number of thiazole rings is 1. The Morgan fingerprint density at radius 1 is 1.44 bits per heavy atom. The minimum absolute atomic E-state index is 0.212. The zero-order valence-electron chi connectivity index (χ0n) is 10.0. The lowest BCUT2D eigenvalue weighted by Crippen LogP contribution is -2.26. The third-order valence-electron chi connectivity index (χ3n) is 2.29. The van der Waals surface area contributed by atoms with E-state index >= 15 is 0 Å². The molecule has 0 aliphatic heterocycles. The maximum absolute atomic E-state index is 11.7. The highest BCUT2D eigenvalue weighted by Crippen LogP contribution is 2.08. The second kappa shape index (κ2) is 5.59. The van der Waals surface area contributed by atoms with Gasteiger partial charge in [0.2, 0.25) is 0 Å². The van der Waals surface area contributed by atoms with Gasteiger partial charge in [-0.25, -0.2) is 9.97 Å². The number of carbonyl (C=O) groups excluding carboxylic acids is 1. The first-order valence-corrected chi connectivity index (χ1v) is 6.45. The van der Waals surface area contributed by atoms with E-state index in [0.717, 1.165) is 17.1 Å². The molecule has 0 aromatic carbocycles. The Morgan fingerprint density at radius 3 is 2.94 bits per heavy atom. The SMILES string of the molecule is Cc1csc(CCNC(=O)c2cccc(N)n2)n1. The van der Waals surface area contributed by atoms with Gasteiger partial charge in [0.15, 0.2) is 0 Å². The molecule has 0 saturated heterocycles. The highest BCUT2D eigenvalue weighted by Gasteiger charge is 2.07. The van der Waals surface area contributed by atoms with Gasteiger partial charge in [-0.05, 0) is 19.1 Å². The van der Waals surface area contributed by atoms with Crippen molar-refractivity contribution in [2.24, 2.45) is 0 Å². The molecule has 0 fully saturated rings. The van der Waals surface area contributed by atoms with Crippen LogP contribution in [0.2, 0.25) is 0 Å². The summed E-state index contributed by atoms with van der Waals surface area (Å²) in [5.74, 6) is 0.133. The largest absolute Gasteiger partial charge is 0.384 e. The van der Waals surface area contributed by atoms with Gasteiger partial charge >= 0.3 is 0 Å². The smallest absolute Gasteiger partial charge is 0.269 e. The van der Waals surface area contributed by atoms with Crippen molar-refractivity contribution in [2.45, 2.75) is 13.3 Å². The van der Waals surface area contributed by atoms with Crippen LogP contribution in [0.15, 0.2) is 23.6 Å². The van der Waals surface area contributed by atoms with Crippen LogP contribution in [0, 0.1) is 6.92 Å². The first-order chi connectivity index (χ1) is 8.65. The van der Waals surface area contributed by atoms with Crippen LogP contribution in [0.4, 0.5) is 5.82 Å². The molecule has 0 aliphatic carbocycles. The Kier molecular flexibility index (Phi) is 3.88. The molecule has 18 heavy (non-hydrogen) atoms. The van der Waals surface area contributed by atoms with Crippen molar-refractivity contribution in [3.63, 3.8) is 0 Å². The summed E-state index contributed by atoms with van der Waals surface area (Å²) < 4.78 is 0. The van der Waals surface area contributed by atoms with Crippen molar-refractivity contribution in [3.8, 4) is 0 Å². The summed E-state index contributed by atoms with van der Waals surface area (Å²) in [5, 5.41) is 5.81. The van der Waals surface area contributed by atoms with E-state index in [2.05, 4.69) is 15.3 Å². The lowest BCUT2D eigenvalue weighted by Gasteiger charge is -2.03. The van der Waals surface area contributed by atoms with E-state index in [1.165, 1.54) is 0 Å². The molecule has 0 saturated carbocycles. The van der Waals surface area contributed by atoms with E-state index in [1.807, 2.05) is 12.3 Å². The van der Waals surface area contributed by atoms with Crippen LogP contribution in [-0.4, -0.2) is 22.4 Å². The molecule has 0 spiro atoms. The third kappa shape index (κ3) is 3.27. The maximum Gasteiger partial charge on any atom is 0.269 e. The van der Waals surface area contributed by atoms with Crippen LogP contribution in [0.25, 0.3) is 0 Å². The molecule has 0 aliphatic rings. The summed E-state index contributed by atoms with van der Waals surface area (Å²) in [6, 6.07) is 5.00. The molecule has 0 bridgehead atoms. The number of aryl methyl sites for hydroxylation is 1. The Balaban J connectivity index is 1.85. The van der Waals surface area contributed by atoms with Gasteiger partial charge in [0, 0.05) is 24.0 Å². The normalized spacial score (nSPS) is 10.3. The number of nitrogens with one attached hydrogen (secondary N) is 1. The van der Waals surface area contributed by atoms with Gasteiger partial charge in [0.25, 0.3) is 5.91 Å². The number of rotatable bonds is 4. The van der Waals surface area contributed by atoms with Crippen molar-refractivity contribution in [3.05, 3.63) is 40.0 Å². The molecule has 94 valence electrons. The minimum atomic E-state index is -0.212. The van der Waals surface area contributed by atoms with Gasteiger partial charge in [-0.3, -0.25) is 4.79 Å². The first-order valence-electron chi connectivity index (χ1n) is 5.57. The fourth-order valence-electron chi connectivity index (χ4n) is 1.47. The molecule has 1 amide bonds. The van der Waals surface area contributed by atoms with E-state index in [4.69, 9.17) is 5.73 Å². The third-order valence-corrected chi connectivity index (χ3v) is 3.32. The molecule has 0 radical (unpaired) electrons. The van der Waals surface area contributed by atoms with Crippen LogP contribution in [0.1, 0.15) is 21.2 Å². The molecule has 0 unspecified atom stereocenters. The highest BCUT2D eigenvalue weighted by atomic mass is 32.1. The van der Waals surface area contributed by atoms with Gasteiger partial charge in [0.1, 0.15) is 11.5 Å². The van der Waals surface area contributed by atoms with Gasteiger partial charge in [-0.1, -0.05) is 6.07 Å². The molecule has 2 aromatic rings. The van der Waals surface area contributed by atoms with E-state index in [-0.39, 0.29) is 5.91 Å². The molecular formula is C12H14N4OS. The lowest BCUT2D eigenvalue weighted by atomic mass is 10.3. The quantitative estimate of drug-likeness (QED) is 0.872. The molecule has 2 aromatic heterocycles. The zero-order valence-corrected chi connectivity index (χ0v) is 10.8. The Hall–Kier alpha value is -1.95. The second-order valence-electron chi connectivity index (χ2n) is 3.84. The van der Waals surface area contributed by atoms with Gasteiger partial charge in [0.05, 0.1) is 5.01 Å². The monoisotopic (exact) mass is 262 g/mol. The van der Waals surface area contributed by atoms with Crippen LogP contribution in [0.5, 0.6) is 0 Å². The molecule has 3 N–H and O–H groups in total. The number of nitrogens with zero attached hydrogens (tertiary/aromatic N) is 2. The maximum atomic E-state index is 11.7.